The van der Waals surface area contributed by atoms with Crippen molar-refractivity contribution in [2.75, 3.05) is 0 Å². The van der Waals surface area contributed by atoms with E-state index in [4.69, 9.17) is 4.74 Å². The van der Waals surface area contributed by atoms with Crippen LogP contribution in [0.4, 0.5) is 8.78 Å². The van der Waals surface area contributed by atoms with E-state index in [1.165, 1.54) is 0 Å². The van der Waals surface area contributed by atoms with Gasteiger partial charge in [0.15, 0.2) is 6.10 Å². The van der Waals surface area contributed by atoms with Crippen molar-refractivity contribution in [3.8, 4) is 0 Å². The van der Waals surface area contributed by atoms with Gasteiger partial charge in [-0.15, -0.1) is 0 Å². The molecule has 1 aliphatic rings. The van der Waals surface area contributed by atoms with Crippen molar-refractivity contribution < 1.29 is 18.3 Å². The fourth-order valence-electron chi connectivity index (χ4n) is 1.98. The van der Waals surface area contributed by atoms with E-state index in [2.05, 4.69) is 0 Å². The summed E-state index contributed by atoms with van der Waals surface area (Å²) in [5, 5.41) is 0. The molecule has 1 fully saturated rings. The Morgan fingerprint density at radius 2 is 1.94 bits per heavy atom. The van der Waals surface area contributed by atoms with Crippen LogP contribution in [0.25, 0.3) is 0 Å². The summed E-state index contributed by atoms with van der Waals surface area (Å²) < 4.78 is 31.8. The highest BCUT2D eigenvalue weighted by Crippen LogP contribution is 2.35. The zero-order chi connectivity index (χ0) is 12.3. The zero-order valence-electron chi connectivity index (χ0n) is 9.36. The minimum atomic E-state index is -2.89. The summed E-state index contributed by atoms with van der Waals surface area (Å²) in [4.78, 5) is 11.6. The van der Waals surface area contributed by atoms with Crippen molar-refractivity contribution in [1.29, 1.82) is 0 Å². The molecule has 2 nitrogen and oxygen atoms in total. The summed E-state index contributed by atoms with van der Waals surface area (Å²) in [5.41, 5.74) is 0.314. The number of carbonyl (C=O) groups excluding carboxylic acids is 1. The van der Waals surface area contributed by atoms with Gasteiger partial charge in [-0.1, -0.05) is 18.2 Å². The van der Waals surface area contributed by atoms with E-state index in [1.54, 1.807) is 30.3 Å². The maximum absolute atomic E-state index is 13.5. The minimum Gasteiger partial charge on any atom is -0.452 e. The van der Waals surface area contributed by atoms with Crippen LogP contribution in [0.2, 0.25) is 0 Å². The SMILES string of the molecule is O=C(OC1CCCCC1(F)F)c1ccccc1. The molecule has 0 N–H and O–H groups in total. The number of benzene rings is 1. The smallest absolute Gasteiger partial charge is 0.338 e. The molecule has 1 aromatic carbocycles. The number of alkyl halides is 2. The standard InChI is InChI=1S/C13H14F2O2/c14-13(15)9-5-4-8-11(13)17-12(16)10-6-2-1-3-7-10/h1-3,6-7,11H,4-5,8-9H2. The molecule has 0 bridgehead atoms. The molecule has 0 amide bonds. The lowest BCUT2D eigenvalue weighted by molar-refractivity contribution is -0.135. The number of rotatable bonds is 2. The Kier molecular flexibility index (Phi) is 3.41. The van der Waals surface area contributed by atoms with E-state index in [0.29, 0.717) is 18.4 Å². The third-order valence-electron chi connectivity index (χ3n) is 2.96. The first-order valence-corrected chi connectivity index (χ1v) is 5.73. The fraction of sp³-hybridized carbons (Fsp3) is 0.462. The van der Waals surface area contributed by atoms with E-state index in [9.17, 15) is 13.6 Å². The third-order valence-corrected chi connectivity index (χ3v) is 2.96. The summed E-state index contributed by atoms with van der Waals surface area (Å²) in [6.07, 6.45) is -0.0519. The van der Waals surface area contributed by atoms with Crippen LogP contribution in [0.3, 0.4) is 0 Å². The van der Waals surface area contributed by atoms with Crippen LogP contribution in [0, 0.1) is 0 Å². The number of hydrogen-bond acceptors (Lipinski definition) is 2. The lowest BCUT2D eigenvalue weighted by Gasteiger charge is -2.30. The van der Waals surface area contributed by atoms with Gasteiger partial charge >= 0.3 is 5.97 Å². The molecule has 17 heavy (non-hydrogen) atoms. The summed E-state index contributed by atoms with van der Waals surface area (Å²) in [6.45, 7) is 0. The molecule has 0 saturated heterocycles. The van der Waals surface area contributed by atoms with Gasteiger partial charge in [0.05, 0.1) is 5.56 Å². The van der Waals surface area contributed by atoms with Crippen LogP contribution in [-0.2, 0) is 4.74 Å². The summed E-state index contributed by atoms with van der Waals surface area (Å²) in [7, 11) is 0. The number of halogens is 2. The van der Waals surface area contributed by atoms with Gasteiger partial charge in [-0.05, 0) is 31.4 Å². The Morgan fingerprint density at radius 1 is 1.24 bits per heavy atom. The molecule has 2 rings (SSSR count). The Bertz CT molecular complexity index is 390. The molecule has 1 unspecified atom stereocenters. The Labute approximate surface area is 98.6 Å². The molecule has 1 saturated carbocycles. The highest BCUT2D eigenvalue weighted by Gasteiger charge is 2.44. The highest BCUT2D eigenvalue weighted by atomic mass is 19.3. The fourth-order valence-corrected chi connectivity index (χ4v) is 1.98. The number of carbonyl (C=O) groups is 1. The topological polar surface area (TPSA) is 26.3 Å². The Balaban J connectivity index is 2.03. The van der Waals surface area contributed by atoms with Crippen molar-refractivity contribution in [3.63, 3.8) is 0 Å². The summed E-state index contributed by atoms with van der Waals surface area (Å²) >= 11 is 0. The van der Waals surface area contributed by atoms with Gasteiger partial charge in [-0.25, -0.2) is 13.6 Å². The molecule has 1 aromatic rings. The predicted octanol–water partition coefficient (Wildman–Crippen LogP) is 3.42. The Hall–Kier alpha value is -1.45. The van der Waals surface area contributed by atoms with E-state index in [1.807, 2.05) is 0 Å². The summed E-state index contributed by atoms with van der Waals surface area (Å²) in [5.74, 6) is -3.56. The number of hydrogen-bond donors (Lipinski definition) is 0. The van der Waals surface area contributed by atoms with Crippen molar-refractivity contribution in [3.05, 3.63) is 35.9 Å². The van der Waals surface area contributed by atoms with E-state index < -0.39 is 18.0 Å². The lowest BCUT2D eigenvalue weighted by Crippen LogP contribution is -2.40. The minimum absolute atomic E-state index is 0.195. The molecule has 0 heterocycles. The monoisotopic (exact) mass is 240 g/mol. The van der Waals surface area contributed by atoms with Crippen molar-refractivity contribution >= 4 is 5.97 Å². The van der Waals surface area contributed by atoms with Crippen molar-refractivity contribution in [2.45, 2.75) is 37.7 Å². The molecule has 0 radical (unpaired) electrons. The zero-order valence-corrected chi connectivity index (χ0v) is 9.36. The van der Waals surface area contributed by atoms with E-state index >= 15 is 0 Å². The average molecular weight is 240 g/mol. The van der Waals surface area contributed by atoms with Gasteiger partial charge in [0, 0.05) is 6.42 Å². The quantitative estimate of drug-likeness (QED) is 0.740. The molecule has 0 aromatic heterocycles. The first-order valence-electron chi connectivity index (χ1n) is 5.73. The largest absolute Gasteiger partial charge is 0.452 e. The molecule has 0 aliphatic heterocycles. The van der Waals surface area contributed by atoms with Crippen molar-refractivity contribution in [1.82, 2.24) is 0 Å². The molecule has 1 aliphatic carbocycles. The van der Waals surface area contributed by atoms with E-state index in [-0.39, 0.29) is 12.8 Å². The maximum atomic E-state index is 13.5. The number of esters is 1. The van der Waals surface area contributed by atoms with Crippen LogP contribution < -0.4 is 0 Å². The van der Waals surface area contributed by atoms with Gasteiger partial charge < -0.3 is 4.74 Å². The maximum Gasteiger partial charge on any atom is 0.338 e. The van der Waals surface area contributed by atoms with Gasteiger partial charge in [0.2, 0.25) is 0 Å². The van der Waals surface area contributed by atoms with Crippen LogP contribution >= 0.6 is 0 Å². The molecular formula is C13H14F2O2. The third kappa shape index (κ3) is 2.81. The highest BCUT2D eigenvalue weighted by molar-refractivity contribution is 5.89. The van der Waals surface area contributed by atoms with Crippen LogP contribution in [0.5, 0.6) is 0 Å². The van der Waals surface area contributed by atoms with Crippen molar-refractivity contribution in [2.24, 2.45) is 0 Å². The average Bonchev–Trinajstić information content (AvgIpc) is 2.33. The first-order chi connectivity index (χ1) is 8.09. The van der Waals surface area contributed by atoms with Crippen LogP contribution in [-0.4, -0.2) is 18.0 Å². The van der Waals surface area contributed by atoms with E-state index in [0.717, 1.165) is 0 Å². The van der Waals surface area contributed by atoms with Crippen LogP contribution in [0.1, 0.15) is 36.0 Å². The molecular weight excluding hydrogens is 226 g/mol. The molecule has 1 atom stereocenters. The predicted molar refractivity (Wildman–Crippen MR) is 59.1 cm³/mol. The van der Waals surface area contributed by atoms with Gasteiger partial charge in [0.25, 0.3) is 5.92 Å². The number of ether oxygens (including phenoxy) is 1. The van der Waals surface area contributed by atoms with Gasteiger partial charge in [-0.3, -0.25) is 0 Å². The second-order valence-electron chi connectivity index (χ2n) is 4.27. The Morgan fingerprint density at radius 3 is 2.59 bits per heavy atom. The normalized spacial score (nSPS) is 23.1. The second kappa shape index (κ2) is 4.82. The van der Waals surface area contributed by atoms with Gasteiger partial charge in [-0.2, -0.15) is 0 Å². The summed E-state index contributed by atoms with van der Waals surface area (Å²) in [6, 6.07) is 8.23. The molecule has 0 spiro atoms. The lowest BCUT2D eigenvalue weighted by atomic mass is 9.94. The second-order valence-corrected chi connectivity index (χ2v) is 4.27. The first kappa shape index (κ1) is 12.0. The molecule has 4 heteroatoms. The molecule has 92 valence electrons. The van der Waals surface area contributed by atoms with Gasteiger partial charge in [0.1, 0.15) is 0 Å². The van der Waals surface area contributed by atoms with Crippen LogP contribution in [0.15, 0.2) is 30.3 Å².